The van der Waals surface area contributed by atoms with Crippen molar-refractivity contribution in [2.75, 3.05) is 25.0 Å². The molecule has 1 aromatic heterocycles. The first kappa shape index (κ1) is 21.4. The molecular weight excluding hydrogens is 384 g/mol. The number of carbonyl (C=O) groups excluding carboxylic acids is 2. The zero-order valence-electron chi connectivity index (χ0n) is 15.6. The standard InChI is InChI=1S/C19H22N2O6S/c1-3-21(4-2)28(24,25)17-10-7-15(8-11-17)20-18(22)14-27-19(23)12-9-16-6-5-13-26-16/h5-13H,3-4,14H2,1-2H3,(H,20,22)/b12-9+. The molecule has 1 heterocycles. The molecule has 2 rings (SSSR count). The molecule has 0 spiro atoms. The van der Waals surface area contributed by atoms with E-state index in [1.165, 1.54) is 40.9 Å². The van der Waals surface area contributed by atoms with E-state index in [1.807, 2.05) is 0 Å². The van der Waals surface area contributed by atoms with Crippen LogP contribution >= 0.6 is 0 Å². The smallest absolute Gasteiger partial charge is 0.331 e. The van der Waals surface area contributed by atoms with E-state index in [2.05, 4.69) is 5.32 Å². The van der Waals surface area contributed by atoms with E-state index in [1.54, 1.807) is 26.0 Å². The normalized spacial score (nSPS) is 11.7. The van der Waals surface area contributed by atoms with Gasteiger partial charge < -0.3 is 14.5 Å². The summed E-state index contributed by atoms with van der Waals surface area (Å²) in [6.45, 7) is 3.80. The molecule has 0 bridgehead atoms. The Labute approximate surface area is 163 Å². The summed E-state index contributed by atoms with van der Waals surface area (Å²) in [7, 11) is -3.56. The molecular formula is C19H22N2O6S. The maximum absolute atomic E-state index is 12.4. The van der Waals surface area contributed by atoms with Gasteiger partial charge >= 0.3 is 5.97 Å². The summed E-state index contributed by atoms with van der Waals surface area (Å²) in [4.78, 5) is 23.6. The Hall–Kier alpha value is -2.91. The van der Waals surface area contributed by atoms with Gasteiger partial charge in [0.2, 0.25) is 10.0 Å². The molecule has 150 valence electrons. The molecule has 28 heavy (non-hydrogen) atoms. The number of amides is 1. The average Bonchev–Trinajstić information content (AvgIpc) is 3.19. The number of esters is 1. The topological polar surface area (TPSA) is 106 Å². The summed E-state index contributed by atoms with van der Waals surface area (Å²) in [5.74, 6) is -0.743. The van der Waals surface area contributed by atoms with E-state index < -0.39 is 28.5 Å². The highest BCUT2D eigenvalue weighted by Gasteiger charge is 2.21. The molecule has 8 nitrogen and oxygen atoms in total. The molecule has 0 aliphatic heterocycles. The fourth-order valence-electron chi connectivity index (χ4n) is 2.34. The summed E-state index contributed by atoms with van der Waals surface area (Å²) >= 11 is 0. The van der Waals surface area contributed by atoms with Gasteiger partial charge in [0.1, 0.15) is 5.76 Å². The highest BCUT2D eigenvalue weighted by Crippen LogP contribution is 2.18. The Kier molecular flexibility index (Phi) is 7.53. The number of ether oxygens (including phenoxy) is 1. The average molecular weight is 406 g/mol. The second-order valence-electron chi connectivity index (χ2n) is 5.62. The molecule has 1 amide bonds. The van der Waals surface area contributed by atoms with E-state index in [0.29, 0.717) is 24.5 Å². The van der Waals surface area contributed by atoms with Gasteiger partial charge in [0.25, 0.3) is 5.91 Å². The van der Waals surface area contributed by atoms with Crippen LogP contribution in [0, 0.1) is 0 Å². The first-order valence-corrected chi connectivity index (χ1v) is 10.1. The van der Waals surface area contributed by atoms with Crippen molar-refractivity contribution in [1.29, 1.82) is 0 Å². The second-order valence-corrected chi connectivity index (χ2v) is 7.56. The summed E-state index contributed by atoms with van der Waals surface area (Å²) in [5.41, 5.74) is 0.394. The summed E-state index contributed by atoms with van der Waals surface area (Å²) in [5, 5.41) is 2.54. The van der Waals surface area contributed by atoms with Crippen LogP contribution in [0.15, 0.2) is 58.1 Å². The predicted molar refractivity (Wildman–Crippen MR) is 104 cm³/mol. The highest BCUT2D eigenvalue weighted by atomic mass is 32.2. The number of rotatable bonds is 9. The molecule has 0 radical (unpaired) electrons. The van der Waals surface area contributed by atoms with Crippen LogP contribution in [0.1, 0.15) is 19.6 Å². The first-order chi connectivity index (χ1) is 13.4. The van der Waals surface area contributed by atoms with Crippen molar-refractivity contribution in [1.82, 2.24) is 4.31 Å². The minimum Gasteiger partial charge on any atom is -0.465 e. The molecule has 0 saturated heterocycles. The zero-order valence-corrected chi connectivity index (χ0v) is 16.4. The maximum Gasteiger partial charge on any atom is 0.331 e. The van der Waals surface area contributed by atoms with Crippen molar-refractivity contribution in [2.24, 2.45) is 0 Å². The van der Waals surface area contributed by atoms with Crippen molar-refractivity contribution in [3.8, 4) is 0 Å². The molecule has 0 fully saturated rings. The minimum atomic E-state index is -3.56. The summed E-state index contributed by atoms with van der Waals surface area (Å²) < 4.78 is 36.0. The molecule has 1 N–H and O–H groups in total. The lowest BCUT2D eigenvalue weighted by Crippen LogP contribution is -2.30. The Morgan fingerprint density at radius 3 is 2.39 bits per heavy atom. The molecule has 2 aromatic rings. The van der Waals surface area contributed by atoms with Gasteiger partial charge in [-0.05, 0) is 42.5 Å². The van der Waals surface area contributed by atoms with E-state index in [4.69, 9.17) is 9.15 Å². The van der Waals surface area contributed by atoms with Crippen LogP contribution in [0.25, 0.3) is 6.08 Å². The van der Waals surface area contributed by atoms with Gasteiger partial charge in [0, 0.05) is 24.9 Å². The number of hydrogen-bond donors (Lipinski definition) is 1. The van der Waals surface area contributed by atoms with Gasteiger partial charge in [-0.2, -0.15) is 4.31 Å². The van der Waals surface area contributed by atoms with Crippen LogP contribution < -0.4 is 5.32 Å². The van der Waals surface area contributed by atoms with Gasteiger partial charge in [-0.1, -0.05) is 13.8 Å². The van der Waals surface area contributed by atoms with Crippen LogP contribution in [0.2, 0.25) is 0 Å². The second kappa shape index (κ2) is 9.86. The fraction of sp³-hybridized carbons (Fsp3) is 0.263. The number of nitrogens with zero attached hydrogens (tertiary/aromatic N) is 1. The summed E-state index contributed by atoms with van der Waals surface area (Å²) in [6.07, 6.45) is 4.05. The third-order valence-corrected chi connectivity index (χ3v) is 5.82. The third kappa shape index (κ3) is 5.80. The number of anilines is 1. The number of furan rings is 1. The molecule has 9 heteroatoms. The fourth-order valence-corrected chi connectivity index (χ4v) is 3.80. The van der Waals surface area contributed by atoms with Gasteiger partial charge in [-0.3, -0.25) is 4.79 Å². The summed E-state index contributed by atoms with van der Waals surface area (Å²) in [6, 6.07) is 9.14. The maximum atomic E-state index is 12.4. The first-order valence-electron chi connectivity index (χ1n) is 8.65. The van der Waals surface area contributed by atoms with Crippen LogP contribution in [0.5, 0.6) is 0 Å². The number of hydrogen-bond acceptors (Lipinski definition) is 6. The zero-order chi connectivity index (χ0) is 20.6. The van der Waals surface area contributed by atoms with Crippen LogP contribution in [-0.2, 0) is 24.3 Å². The van der Waals surface area contributed by atoms with Crippen molar-refractivity contribution >= 4 is 33.7 Å². The SMILES string of the molecule is CCN(CC)S(=O)(=O)c1ccc(NC(=O)COC(=O)/C=C/c2ccco2)cc1. The van der Waals surface area contributed by atoms with Crippen LogP contribution in [0.3, 0.4) is 0 Å². The van der Waals surface area contributed by atoms with Gasteiger partial charge in [-0.25, -0.2) is 13.2 Å². The highest BCUT2D eigenvalue weighted by molar-refractivity contribution is 7.89. The number of sulfonamides is 1. The molecule has 0 saturated carbocycles. The largest absolute Gasteiger partial charge is 0.465 e. The molecule has 0 unspecified atom stereocenters. The van der Waals surface area contributed by atoms with Crippen molar-refractivity contribution in [3.63, 3.8) is 0 Å². The van der Waals surface area contributed by atoms with E-state index >= 15 is 0 Å². The molecule has 0 aliphatic carbocycles. The van der Waals surface area contributed by atoms with Crippen LogP contribution in [0.4, 0.5) is 5.69 Å². The molecule has 1 aromatic carbocycles. The Bertz CT molecular complexity index is 914. The number of benzene rings is 1. The lowest BCUT2D eigenvalue weighted by molar-refractivity contribution is -0.142. The Morgan fingerprint density at radius 2 is 1.82 bits per heavy atom. The van der Waals surface area contributed by atoms with E-state index in [9.17, 15) is 18.0 Å². The van der Waals surface area contributed by atoms with Crippen molar-refractivity contribution in [3.05, 3.63) is 54.5 Å². The lowest BCUT2D eigenvalue weighted by Gasteiger charge is -2.18. The minimum absolute atomic E-state index is 0.142. The quantitative estimate of drug-likeness (QED) is 0.507. The van der Waals surface area contributed by atoms with Gasteiger partial charge in [0.15, 0.2) is 6.61 Å². The monoisotopic (exact) mass is 406 g/mol. The molecule has 0 aliphatic rings. The Morgan fingerprint density at radius 1 is 1.14 bits per heavy atom. The number of nitrogens with one attached hydrogen (secondary N) is 1. The number of carbonyl (C=O) groups is 2. The molecule has 0 atom stereocenters. The Balaban J connectivity index is 1.88. The predicted octanol–water partition coefficient (Wildman–Crippen LogP) is 2.51. The van der Waals surface area contributed by atoms with Gasteiger partial charge in [-0.15, -0.1) is 0 Å². The lowest BCUT2D eigenvalue weighted by atomic mass is 10.3. The van der Waals surface area contributed by atoms with E-state index in [0.717, 1.165) is 6.08 Å². The van der Waals surface area contributed by atoms with Crippen LogP contribution in [-0.4, -0.2) is 44.3 Å². The van der Waals surface area contributed by atoms with Gasteiger partial charge in [0.05, 0.1) is 11.2 Å². The third-order valence-electron chi connectivity index (χ3n) is 3.75. The van der Waals surface area contributed by atoms with Crippen molar-refractivity contribution in [2.45, 2.75) is 18.7 Å². The van der Waals surface area contributed by atoms with Crippen molar-refractivity contribution < 1.29 is 27.2 Å². The van der Waals surface area contributed by atoms with E-state index in [-0.39, 0.29) is 4.90 Å².